The van der Waals surface area contributed by atoms with Crippen molar-refractivity contribution in [1.29, 1.82) is 0 Å². The van der Waals surface area contributed by atoms with Gasteiger partial charge < -0.3 is 10.4 Å². The highest BCUT2D eigenvalue weighted by atomic mass is 32.2. The summed E-state index contributed by atoms with van der Waals surface area (Å²) >= 11 is 0. The van der Waals surface area contributed by atoms with E-state index in [1.54, 1.807) is 32.2 Å². The second-order valence-corrected chi connectivity index (χ2v) is 11.0. The van der Waals surface area contributed by atoms with E-state index in [1.165, 1.54) is 12.1 Å². The normalized spacial score (nSPS) is 18.6. The van der Waals surface area contributed by atoms with Crippen molar-refractivity contribution in [2.45, 2.75) is 50.7 Å². The van der Waals surface area contributed by atoms with Crippen LogP contribution in [0, 0.1) is 5.92 Å². The van der Waals surface area contributed by atoms with Gasteiger partial charge in [0.15, 0.2) is 9.84 Å². The van der Waals surface area contributed by atoms with Gasteiger partial charge in [-0.05, 0) is 49.2 Å². The van der Waals surface area contributed by atoms with Gasteiger partial charge in [-0.25, -0.2) is 8.42 Å². The van der Waals surface area contributed by atoms with Crippen LogP contribution in [0.15, 0.2) is 41.4 Å². The molecule has 0 radical (unpaired) electrons. The zero-order valence-corrected chi connectivity index (χ0v) is 19.5. The smallest absolute Gasteiger partial charge is 0.253 e. The largest absolute Gasteiger partial charge is 0.394 e. The molecule has 1 aliphatic heterocycles. The van der Waals surface area contributed by atoms with Crippen molar-refractivity contribution < 1.29 is 18.3 Å². The minimum Gasteiger partial charge on any atom is -0.394 e. The minimum absolute atomic E-state index is 0.0124. The third-order valence-corrected chi connectivity index (χ3v) is 7.76. The van der Waals surface area contributed by atoms with Gasteiger partial charge >= 0.3 is 0 Å². The Balaban J connectivity index is 1.84. The number of fused-ring (bicyclic) bond motifs is 1. The van der Waals surface area contributed by atoms with Crippen molar-refractivity contribution in [3.63, 3.8) is 0 Å². The van der Waals surface area contributed by atoms with Crippen LogP contribution in [0.4, 0.5) is 0 Å². The Kier molecular flexibility index (Phi) is 6.55. The molecule has 0 aliphatic carbocycles. The second-order valence-electron chi connectivity index (χ2n) is 8.74. The summed E-state index contributed by atoms with van der Waals surface area (Å²) in [7, 11) is -1.26. The van der Waals surface area contributed by atoms with Crippen LogP contribution >= 0.6 is 0 Å². The molecule has 0 saturated carbocycles. The second kappa shape index (κ2) is 8.68. The van der Waals surface area contributed by atoms with Crippen molar-refractivity contribution >= 4 is 15.7 Å². The number of carbonyl (C=O) groups excluding carboxylic acids is 1. The SMILES string of the molecule is CCS(=O)(=O)c1ccc(C(C)(CO)NC(=O)c2cnc3c(c2)CN(C)[C@@H]3C(C)C)cc1. The van der Waals surface area contributed by atoms with Gasteiger partial charge in [-0.2, -0.15) is 0 Å². The van der Waals surface area contributed by atoms with Gasteiger partial charge in [-0.3, -0.25) is 14.7 Å². The first-order valence-corrected chi connectivity index (χ1v) is 12.1. The zero-order valence-electron chi connectivity index (χ0n) is 18.7. The number of rotatable bonds is 7. The maximum absolute atomic E-state index is 13.0. The summed E-state index contributed by atoms with van der Waals surface area (Å²) in [6, 6.07) is 8.36. The molecule has 0 saturated heterocycles. The average molecular weight is 446 g/mol. The van der Waals surface area contributed by atoms with E-state index in [0.29, 0.717) is 17.0 Å². The molecular weight excluding hydrogens is 414 g/mol. The van der Waals surface area contributed by atoms with Crippen molar-refractivity contribution in [3.05, 3.63) is 58.9 Å². The highest BCUT2D eigenvalue weighted by molar-refractivity contribution is 7.91. The zero-order chi connectivity index (χ0) is 23.0. The van der Waals surface area contributed by atoms with Gasteiger partial charge in [0.05, 0.1) is 40.1 Å². The number of amides is 1. The first-order chi connectivity index (χ1) is 14.5. The van der Waals surface area contributed by atoms with Crippen LogP contribution < -0.4 is 5.32 Å². The number of nitrogens with one attached hydrogen (secondary N) is 1. The van der Waals surface area contributed by atoms with Crippen LogP contribution in [0.2, 0.25) is 0 Å². The fraction of sp³-hybridized carbons (Fsp3) is 0.478. The number of carbonyl (C=O) groups is 1. The maximum Gasteiger partial charge on any atom is 0.253 e. The number of hydrogen-bond acceptors (Lipinski definition) is 6. The Morgan fingerprint density at radius 3 is 2.52 bits per heavy atom. The molecule has 1 aromatic heterocycles. The molecule has 31 heavy (non-hydrogen) atoms. The third-order valence-electron chi connectivity index (χ3n) is 6.01. The predicted octanol–water partition coefficient (Wildman–Crippen LogP) is 2.66. The lowest BCUT2D eigenvalue weighted by molar-refractivity contribution is 0.0849. The first kappa shape index (κ1) is 23.4. The van der Waals surface area contributed by atoms with Gasteiger partial charge in [0.2, 0.25) is 0 Å². The van der Waals surface area contributed by atoms with Crippen LogP contribution in [-0.4, -0.2) is 48.7 Å². The number of aliphatic hydroxyl groups is 1. The van der Waals surface area contributed by atoms with E-state index in [4.69, 9.17) is 0 Å². The van der Waals surface area contributed by atoms with Gasteiger partial charge in [0, 0.05) is 12.7 Å². The molecule has 0 bridgehead atoms. The first-order valence-electron chi connectivity index (χ1n) is 10.5. The van der Waals surface area contributed by atoms with Crippen LogP contribution in [0.3, 0.4) is 0 Å². The lowest BCUT2D eigenvalue weighted by Crippen LogP contribution is -2.46. The monoisotopic (exact) mass is 445 g/mol. The topological polar surface area (TPSA) is 99.6 Å². The molecule has 1 amide bonds. The van der Waals surface area contributed by atoms with Crippen molar-refractivity contribution in [2.24, 2.45) is 5.92 Å². The lowest BCUT2D eigenvalue weighted by atomic mass is 9.92. The fourth-order valence-electron chi connectivity index (χ4n) is 4.16. The number of hydrogen-bond donors (Lipinski definition) is 2. The quantitative estimate of drug-likeness (QED) is 0.680. The van der Waals surface area contributed by atoms with E-state index in [-0.39, 0.29) is 29.2 Å². The minimum atomic E-state index is -3.32. The molecule has 1 unspecified atom stereocenters. The van der Waals surface area contributed by atoms with Gasteiger partial charge in [-0.1, -0.05) is 32.9 Å². The predicted molar refractivity (Wildman–Crippen MR) is 119 cm³/mol. The Morgan fingerprint density at radius 2 is 1.97 bits per heavy atom. The molecule has 2 aromatic rings. The Morgan fingerprint density at radius 1 is 1.32 bits per heavy atom. The number of benzene rings is 1. The molecule has 7 nitrogen and oxygen atoms in total. The highest BCUT2D eigenvalue weighted by Crippen LogP contribution is 2.36. The van der Waals surface area contributed by atoms with Gasteiger partial charge in [-0.15, -0.1) is 0 Å². The molecule has 168 valence electrons. The molecule has 3 rings (SSSR count). The summed E-state index contributed by atoms with van der Waals surface area (Å²) in [5.74, 6) is 0.0850. The number of aromatic nitrogens is 1. The Bertz CT molecular complexity index is 1070. The van der Waals surface area contributed by atoms with Crippen LogP contribution in [0.5, 0.6) is 0 Å². The Hall–Kier alpha value is -2.29. The molecule has 2 atom stereocenters. The molecule has 2 heterocycles. The summed E-state index contributed by atoms with van der Waals surface area (Å²) in [4.78, 5) is 20.0. The van der Waals surface area contributed by atoms with E-state index >= 15 is 0 Å². The van der Waals surface area contributed by atoms with Crippen LogP contribution in [0.1, 0.15) is 60.9 Å². The van der Waals surface area contributed by atoms with Crippen molar-refractivity contribution in [1.82, 2.24) is 15.2 Å². The van der Waals surface area contributed by atoms with E-state index in [2.05, 4.69) is 36.1 Å². The van der Waals surface area contributed by atoms with Gasteiger partial charge in [0.25, 0.3) is 5.91 Å². The summed E-state index contributed by atoms with van der Waals surface area (Å²) < 4.78 is 24.1. The van der Waals surface area contributed by atoms with Crippen LogP contribution in [-0.2, 0) is 21.9 Å². The maximum atomic E-state index is 13.0. The molecular formula is C23H31N3O4S. The van der Waals surface area contributed by atoms with E-state index in [9.17, 15) is 18.3 Å². The summed E-state index contributed by atoms with van der Waals surface area (Å²) in [5, 5.41) is 12.9. The van der Waals surface area contributed by atoms with Gasteiger partial charge in [0.1, 0.15) is 0 Å². The number of sulfone groups is 1. The highest BCUT2D eigenvalue weighted by Gasteiger charge is 2.33. The van der Waals surface area contributed by atoms with E-state index in [1.807, 2.05) is 6.07 Å². The number of aliphatic hydroxyl groups excluding tert-OH is 1. The third kappa shape index (κ3) is 4.51. The van der Waals surface area contributed by atoms with Crippen LogP contribution in [0.25, 0.3) is 0 Å². The van der Waals surface area contributed by atoms with E-state index in [0.717, 1.165) is 17.8 Å². The Labute approximate surface area is 184 Å². The van der Waals surface area contributed by atoms with Crippen molar-refractivity contribution in [2.75, 3.05) is 19.4 Å². The number of pyridine rings is 1. The summed E-state index contributed by atoms with van der Waals surface area (Å²) in [6.45, 7) is 8.00. The molecule has 1 aromatic carbocycles. The molecule has 1 aliphatic rings. The summed E-state index contributed by atoms with van der Waals surface area (Å²) in [5.41, 5.74) is 2.02. The molecule has 2 N–H and O–H groups in total. The molecule has 0 spiro atoms. The molecule has 8 heteroatoms. The number of nitrogens with zero attached hydrogens (tertiary/aromatic N) is 2. The van der Waals surface area contributed by atoms with E-state index < -0.39 is 15.4 Å². The molecule has 0 fully saturated rings. The fourth-order valence-corrected chi connectivity index (χ4v) is 5.05. The van der Waals surface area contributed by atoms with Crippen molar-refractivity contribution in [3.8, 4) is 0 Å². The summed E-state index contributed by atoms with van der Waals surface area (Å²) in [6.07, 6.45) is 1.58. The average Bonchev–Trinajstić information content (AvgIpc) is 3.08. The lowest BCUT2D eigenvalue weighted by Gasteiger charge is -2.29. The standard InChI is InChI=1S/C23H31N3O4S/c1-6-31(29,30)19-9-7-18(8-10-19)23(4,14-27)25-22(28)16-11-17-13-26(5)21(15(2)3)20(17)24-12-16/h7-12,15,21,27H,6,13-14H2,1-5H3,(H,25,28)/t21-,23?/m1/s1.